The van der Waals surface area contributed by atoms with Crippen molar-refractivity contribution in [3.63, 3.8) is 0 Å². The zero-order valence-electron chi connectivity index (χ0n) is 8.32. The minimum Gasteiger partial charge on any atom is -0.207 e. The van der Waals surface area contributed by atoms with Crippen LogP contribution >= 0.6 is 0 Å². The summed E-state index contributed by atoms with van der Waals surface area (Å²) < 4.78 is 12.8. The Balaban J connectivity index is 0. The Morgan fingerprint density at radius 1 is 1.23 bits per heavy atom. The van der Waals surface area contributed by atoms with Gasteiger partial charge in [0.1, 0.15) is 5.82 Å². The Bertz CT molecular complexity index is 229. The normalized spacial score (nSPS) is 8.08. The summed E-state index contributed by atoms with van der Waals surface area (Å²) in [5.41, 5.74) is 1.93. The summed E-state index contributed by atoms with van der Waals surface area (Å²) >= 11 is 0. The maximum Gasteiger partial charge on any atom is 0.126 e. The van der Waals surface area contributed by atoms with E-state index in [-0.39, 0.29) is 13.2 Å². The van der Waals surface area contributed by atoms with Crippen molar-refractivity contribution in [1.29, 1.82) is 0 Å². The molecule has 0 N–H and O–H groups in total. The molecule has 1 heteroatoms. The Hall–Kier alpha value is -0.850. The molecule has 0 saturated heterocycles. The topological polar surface area (TPSA) is 0 Å². The number of halogens is 1. The number of rotatable bonds is 1. The highest BCUT2D eigenvalue weighted by atomic mass is 19.1. The van der Waals surface area contributed by atoms with Gasteiger partial charge < -0.3 is 0 Å². The lowest BCUT2D eigenvalue weighted by Crippen LogP contribution is -1.87. The van der Waals surface area contributed by atoms with Crippen molar-refractivity contribution in [2.75, 3.05) is 0 Å². The van der Waals surface area contributed by atoms with Gasteiger partial charge >= 0.3 is 0 Å². The molecule has 0 nitrogen and oxygen atoms in total. The summed E-state index contributed by atoms with van der Waals surface area (Å²) in [5, 5.41) is 0. The molecule has 76 valence electrons. The fourth-order valence-electron chi connectivity index (χ4n) is 0.974. The molecular weight excluding hydrogens is 163 g/mol. The van der Waals surface area contributed by atoms with E-state index in [9.17, 15) is 4.39 Å². The van der Waals surface area contributed by atoms with Gasteiger partial charge in [0.2, 0.25) is 0 Å². The van der Waals surface area contributed by atoms with Crippen molar-refractivity contribution in [1.82, 2.24) is 0 Å². The van der Waals surface area contributed by atoms with Gasteiger partial charge in [-0.3, -0.25) is 0 Å². The van der Waals surface area contributed by atoms with Gasteiger partial charge in [0.05, 0.1) is 0 Å². The molecule has 1 aromatic carbocycles. The Morgan fingerprint density at radius 2 is 1.77 bits per heavy atom. The lowest BCUT2D eigenvalue weighted by Gasteiger charge is -1.99. The first-order valence-corrected chi connectivity index (χ1v) is 4.49. The van der Waals surface area contributed by atoms with Crippen molar-refractivity contribution in [2.45, 2.75) is 41.5 Å². The van der Waals surface area contributed by atoms with Crippen LogP contribution in [-0.2, 0) is 6.42 Å². The number of hydrogen-bond donors (Lipinski definition) is 0. The maximum atomic E-state index is 12.8. The van der Waals surface area contributed by atoms with Crippen LogP contribution in [0.1, 0.15) is 39.3 Å². The summed E-state index contributed by atoms with van der Waals surface area (Å²) in [6.45, 7) is 7.93. The molecule has 0 amide bonds. The van der Waals surface area contributed by atoms with Gasteiger partial charge in [-0.05, 0) is 25.0 Å². The van der Waals surface area contributed by atoms with Gasteiger partial charge in [0, 0.05) is 0 Å². The molecule has 13 heavy (non-hydrogen) atoms. The zero-order valence-corrected chi connectivity index (χ0v) is 8.32. The van der Waals surface area contributed by atoms with Crippen LogP contribution in [0.5, 0.6) is 0 Å². The molecule has 0 saturated carbocycles. The van der Waals surface area contributed by atoms with E-state index in [4.69, 9.17) is 0 Å². The standard InChI is InChI=1S/C9H11F.C2H6.CH4/c1-3-8-6-7(2)4-5-9(8)10;1-2;/h4-6H,3H2,1-2H3;1-2H3;1H4. The molecular formula is C12H21F. The number of benzene rings is 1. The van der Waals surface area contributed by atoms with E-state index in [0.717, 1.165) is 17.5 Å². The molecule has 0 radical (unpaired) electrons. The third kappa shape index (κ3) is 4.66. The van der Waals surface area contributed by atoms with Gasteiger partial charge in [0.25, 0.3) is 0 Å². The minimum atomic E-state index is -0.0897. The molecule has 0 heterocycles. The van der Waals surface area contributed by atoms with Crippen LogP contribution in [0.2, 0.25) is 0 Å². The zero-order chi connectivity index (χ0) is 9.56. The van der Waals surface area contributed by atoms with E-state index in [1.165, 1.54) is 6.07 Å². The third-order valence-electron chi connectivity index (χ3n) is 1.58. The first-order valence-electron chi connectivity index (χ1n) is 4.49. The van der Waals surface area contributed by atoms with E-state index in [0.29, 0.717) is 0 Å². The first-order chi connectivity index (χ1) is 5.74. The number of aryl methyl sites for hydroxylation is 2. The lowest BCUT2D eigenvalue weighted by molar-refractivity contribution is 0.611. The minimum absolute atomic E-state index is 0. The maximum absolute atomic E-state index is 12.8. The molecule has 0 atom stereocenters. The second-order valence-electron chi connectivity index (χ2n) is 2.45. The fraction of sp³-hybridized carbons (Fsp3) is 0.500. The summed E-state index contributed by atoms with van der Waals surface area (Å²) in [6.07, 6.45) is 0.771. The van der Waals surface area contributed by atoms with Crippen LogP contribution < -0.4 is 0 Å². The molecule has 0 aliphatic rings. The average Bonchev–Trinajstić information content (AvgIpc) is 2.13. The van der Waals surface area contributed by atoms with Gasteiger partial charge in [-0.1, -0.05) is 45.9 Å². The predicted molar refractivity (Wildman–Crippen MR) is 58.6 cm³/mol. The Morgan fingerprint density at radius 3 is 2.15 bits per heavy atom. The van der Waals surface area contributed by atoms with E-state index in [1.54, 1.807) is 6.07 Å². The number of hydrogen-bond acceptors (Lipinski definition) is 0. The summed E-state index contributed by atoms with van der Waals surface area (Å²) in [7, 11) is 0. The van der Waals surface area contributed by atoms with Crippen molar-refractivity contribution in [3.8, 4) is 0 Å². The van der Waals surface area contributed by atoms with E-state index in [1.807, 2.05) is 33.8 Å². The Kier molecular flexibility index (Phi) is 8.78. The third-order valence-corrected chi connectivity index (χ3v) is 1.58. The van der Waals surface area contributed by atoms with Gasteiger partial charge in [-0.2, -0.15) is 0 Å². The molecule has 0 bridgehead atoms. The van der Waals surface area contributed by atoms with Crippen LogP contribution in [0.15, 0.2) is 18.2 Å². The van der Waals surface area contributed by atoms with E-state index in [2.05, 4.69) is 0 Å². The van der Waals surface area contributed by atoms with Gasteiger partial charge in [-0.15, -0.1) is 0 Å². The molecule has 0 spiro atoms. The second-order valence-corrected chi connectivity index (χ2v) is 2.45. The highest BCUT2D eigenvalue weighted by Gasteiger charge is 1.97. The Labute approximate surface area is 81.8 Å². The van der Waals surface area contributed by atoms with Gasteiger partial charge in [0.15, 0.2) is 0 Å². The second kappa shape index (κ2) is 7.78. The SMILES string of the molecule is C.CC.CCc1cc(C)ccc1F. The van der Waals surface area contributed by atoms with Gasteiger partial charge in [-0.25, -0.2) is 4.39 Å². The van der Waals surface area contributed by atoms with Crippen LogP contribution in [0, 0.1) is 12.7 Å². The monoisotopic (exact) mass is 184 g/mol. The van der Waals surface area contributed by atoms with Crippen LogP contribution in [-0.4, -0.2) is 0 Å². The van der Waals surface area contributed by atoms with Crippen molar-refractivity contribution in [2.24, 2.45) is 0 Å². The van der Waals surface area contributed by atoms with Crippen LogP contribution in [0.3, 0.4) is 0 Å². The first kappa shape index (κ1) is 14.7. The molecule has 0 aliphatic carbocycles. The smallest absolute Gasteiger partial charge is 0.126 e. The molecule has 0 aliphatic heterocycles. The fourth-order valence-corrected chi connectivity index (χ4v) is 0.974. The quantitative estimate of drug-likeness (QED) is 0.608. The predicted octanol–water partition coefficient (Wildman–Crippen LogP) is 4.36. The molecule has 1 rings (SSSR count). The van der Waals surface area contributed by atoms with E-state index >= 15 is 0 Å². The lowest BCUT2D eigenvalue weighted by atomic mass is 10.1. The summed E-state index contributed by atoms with van der Waals surface area (Å²) in [5.74, 6) is -0.0897. The molecule has 0 fully saturated rings. The molecule has 0 aromatic heterocycles. The highest BCUT2D eigenvalue weighted by molar-refractivity contribution is 5.23. The van der Waals surface area contributed by atoms with Crippen molar-refractivity contribution >= 4 is 0 Å². The summed E-state index contributed by atoms with van der Waals surface area (Å²) in [6, 6.07) is 5.19. The molecule has 0 unspecified atom stereocenters. The highest BCUT2D eigenvalue weighted by Crippen LogP contribution is 2.09. The van der Waals surface area contributed by atoms with Crippen molar-refractivity contribution in [3.05, 3.63) is 35.1 Å². The average molecular weight is 184 g/mol. The summed E-state index contributed by atoms with van der Waals surface area (Å²) in [4.78, 5) is 0. The van der Waals surface area contributed by atoms with E-state index < -0.39 is 0 Å². The van der Waals surface area contributed by atoms with Crippen molar-refractivity contribution < 1.29 is 4.39 Å². The molecule has 1 aromatic rings. The van der Waals surface area contributed by atoms with Crippen LogP contribution in [0.25, 0.3) is 0 Å². The van der Waals surface area contributed by atoms with Crippen LogP contribution in [0.4, 0.5) is 4.39 Å². The largest absolute Gasteiger partial charge is 0.207 e.